The minimum atomic E-state index is 0.600. The zero-order chi connectivity index (χ0) is 10.4. The lowest BCUT2D eigenvalue weighted by Crippen LogP contribution is -2.26. The van der Waals surface area contributed by atoms with Crippen molar-refractivity contribution in [3.8, 4) is 0 Å². The zero-order valence-corrected chi connectivity index (χ0v) is 9.97. The summed E-state index contributed by atoms with van der Waals surface area (Å²) in [6, 6.07) is 0.600. The van der Waals surface area contributed by atoms with Gasteiger partial charge in [0.15, 0.2) is 0 Å². The van der Waals surface area contributed by atoms with Crippen molar-refractivity contribution >= 4 is 0 Å². The van der Waals surface area contributed by atoms with Gasteiger partial charge >= 0.3 is 0 Å². The Morgan fingerprint density at radius 3 is 2.43 bits per heavy atom. The molecule has 1 nitrogen and oxygen atoms in total. The lowest BCUT2D eigenvalue weighted by Gasteiger charge is -2.25. The number of likely N-dealkylation sites (N-methyl/N-ethyl adjacent to an activating group) is 1. The first-order chi connectivity index (χ1) is 6.72. The Morgan fingerprint density at radius 2 is 1.93 bits per heavy atom. The molecule has 0 aromatic rings. The average molecular weight is 195 g/mol. The lowest BCUT2D eigenvalue weighted by molar-refractivity contribution is 0.319. The minimum absolute atomic E-state index is 0.600. The second kappa shape index (κ2) is 6.23. The summed E-state index contributed by atoms with van der Waals surface area (Å²) >= 11 is 0. The Kier molecular flexibility index (Phi) is 5.24. The maximum atomic E-state index is 3.40. The molecule has 82 valence electrons. The van der Waals surface area contributed by atoms with Crippen LogP contribution in [0.25, 0.3) is 0 Å². The smallest absolute Gasteiger partial charge is 0.0252 e. The highest BCUT2D eigenvalue weighted by Gasteiger charge is 2.16. The van der Waals surface area contributed by atoms with E-state index < -0.39 is 0 Å². The zero-order valence-electron chi connectivity index (χ0n) is 9.97. The number of nitrogens with one attached hydrogen (secondary N) is 1. The van der Waals surface area contributed by atoms with E-state index in [9.17, 15) is 0 Å². The molecule has 0 radical (unpaired) electrons. The molecular formula is C13H25N. The van der Waals surface area contributed by atoms with Crippen LogP contribution in [-0.4, -0.2) is 13.1 Å². The van der Waals surface area contributed by atoms with E-state index in [1.54, 1.807) is 0 Å². The van der Waals surface area contributed by atoms with E-state index in [0.29, 0.717) is 6.04 Å². The van der Waals surface area contributed by atoms with Crippen molar-refractivity contribution < 1.29 is 0 Å². The third-order valence-corrected chi connectivity index (χ3v) is 3.22. The van der Waals surface area contributed by atoms with E-state index in [1.165, 1.54) is 44.1 Å². The molecule has 0 spiro atoms. The van der Waals surface area contributed by atoms with Gasteiger partial charge < -0.3 is 5.32 Å². The standard InChI is InChI=1S/C13H25N/c1-11(2)9-13(14-3)10-12-7-5-4-6-8-12/h9,12-14H,4-8,10H2,1-3H3. The summed E-state index contributed by atoms with van der Waals surface area (Å²) < 4.78 is 0. The summed E-state index contributed by atoms with van der Waals surface area (Å²) in [7, 11) is 2.08. The summed E-state index contributed by atoms with van der Waals surface area (Å²) in [6.07, 6.45) is 11.0. The molecule has 1 saturated carbocycles. The van der Waals surface area contributed by atoms with Gasteiger partial charge in [-0.2, -0.15) is 0 Å². The third kappa shape index (κ3) is 4.28. The Bertz CT molecular complexity index is 174. The molecule has 0 aliphatic heterocycles. The molecule has 1 aliphatic carbocycles. The van der Waals surface area contributed by atoms with Gasteiger partial charge in [0.05, 0.1) is 0 Å². The molecule has 0 saturated heterocycles. The molecule has 14 heavy (non-hydrogen) atoms. The van der Waals surface area contributed by atoms with Crippen molar-refractivity contribution in [2.24, 2.45) is 5.92 Å². The molecular weight excluding hydrogens is 170 g/mol. The number of hydrogen-bond donors (Lipinski definition) is 1. The van der Waals surface area contributed by atoms with E-state index in [4.69, 9.17) is 0 Å². The Labute approximate surface area is 89.0 Å². The van der Waals surface area contributed by atoms with Crippen LogP contribution in [0.2, 0.25) is 0 Å². The third-order valence-electron chi connectivity index (χ3n) is 3.22. The van der Waals surface area contributed by atoms with Crippen molar-refractivity contribution in [1.82, 2.24) is 5.32 Å². The van der Waals surface area contributed by atoms with Gasteiger partial charge in [0.2, 0.25) is 0 Å². The highest BCUT2D eigenvalue weighted by Crippen LogP contribution is 2.27. The Hall–Kier alpha value is -0.300. The van der Waals surface area contributed by atoms with Crippen LogP contribution in [0.15, 0.2) is 11.6 Å². The molecule has 1 aliphatic rings. The van der Waals surface area contributed by atoms with Gasteiger partial charge in [-0.1, -0.05) is 43.8 Å². The van der Waals surface area contributed by atoms with Crippen LogP contribution in [0, 0.1) is 5.92 Å². The fourth-order valence-corrected chi connectivity index (χ4v) is 2.45. The molecule has 1 fully saturated rings. The van der Waals surface area contributed by atoms with Crippen LogP contribution in [-0.2, 0) is 0 Å². The van der Waals surface area contributed by atoms with Crippen molar-refractivity contribution in [2.45, 2.75) is 58.4 Å². The number of rotatable bonds is 4. The van der Waals surface area contributed by atoms with Crippen LogP contribution in [0.3, 0.4) is 0 Å². The molecule has 1 rings (SSSR count). The van der Waals surface area contributed by atoms with E-state index in [2.05, 4.69) is 32.3 Å². The molecule has 1 unspecified atom stereocenters. The van der Waals surface area contributed by atoms with Gasteiger partial charge in [0, 0.05) is 6.04 Å². The second-order valence-electron chi connectivity index (χ2n) is 4.88. The molecule has 1 heteroatoms. The maximum Gasteiger partial charge on any atom is 0.0252 e. The first kappa shape index (κ1) is 11.8. The van der Waals surface area contributed by atoms with Gasteiger partial charge in [0.1, 0.15) is 0 Å². The van der Waals surface area contributed by atoms with E-state index in [1.807, 2.05) is 0 Å². The highest BCUT2D eigenvalue weighted by atomic mass is 14.9. The number of allylic oxidation sites excluding steroid dienone is 1. The SMILES string of the molecule is CNC(C=C(C)C)CC1CCCCC1. The highest BCUT2D eigenvalue weighted by molar-refractivity contribution is 5.01. The van der Waals surface area contributed by atoms with Crippen molar-refractivity contribution in [1.29, 1.82) is 0 Å². The van der Waals surface area contributed by atoms with Gasteiger partial charge in [-0.25, -0.2) is 0 Å². The molecule has 0 aromatic carbocycles. The Morgan fingerprint density at radius 1 is 1.29 bits per heavy atom. The summed E-state index contributed by atoms with van der Waals surface area (Å²) in [6.45, 7) is 4.37. The topological polar surface area (TPSA) is 12.0 Å². The van der Waals surface area contributed by atoms with Gasteiger partial charge in [-0.15, -0.1) is 0 Å². The normalized spacial score (nSPS) is 20.5. The quantitative estimate of drug-likeness (QED) is 0.677. The van der Waals surface area contributed by atoms with Crippen molar-refractivity contribution in [3.63, 3.8) is 0 Å². The van der Waals surface area contributed by atoms with Crippen molar-refractivity contribution in [3.05, 3.63) is 11.6 Å². The summed E-state index contributed by atoms with van der Waals surface area (Å²) in [4.78, 5) is 0. The van der Waals surface area contributed by atoms with Gasteiger partial charge in [-0.05, 0) is 33.2 Å². The van der Waals surface area contributed by atoms with Crippen LogP contribution < -0.4 is 5.32 Å². The van der Waals surface area contributed by atoms with Gasteiger partial charge in [0.25, 0.3) is 0 Å². The minimum Gasteiger partial charge on any atom is -0.314 e. The predicted molar refractivity (Wildman–Crippen MR) is 63.5 cm³/mol. The van der Waals surface area contributed by atoms with Gasteiger partial charge in [-0.3, -0.25) is 0 Å². The lowest BCUT2D eigenvalue weighted by atomic mass is 9.84. The molecule has 0 aromatic heterocycles. The van der Waals surface area contributed by atoms with Crippen molar-refractivity contribution in [2.75, 3.05) is 7.05 Å². The predicted octanol–water partition coefficient (Wildman–Crippen LogP) is 3.51. The number of hydrogen-bond acceptors (Lipinski definition) is 1. The molecule has 1 atom stereocenters. The fourth-order valence-electron chi connectivity index (χ4n) is 2.45. The van der Waals surface area contributed by atoms with E-state index in [-0.39, 0.29) is 0 Å². The summed E-state index contributed by atoms with van der Waals surface area (Å²) in [5.41, 5.74) is 1.43. The Balaban J connectivity index is 2.35. The van der Waals surface area contributed by atoms with E-state index >= 15 is 0 Å². The molecule has 1 N–H and O–H groups in total. The first-order valence-corrected chi connectivity index (χ1v) is 6.04. The fraction of sp³-hybridized carbons (Fsp3) is 0.846. The van der Waals surface area contributed by atoms with E-state index in [0.717, 1.165) is 5.92 Å². The average Bonchev–Trinajstić information content (AvgIpc) is 2.17. The second-order valence-corrected chi connectivity index (χ2v) is 4.88. The largest absolute Gasteiger partial charge is 0.314 e. The van der Waals surface area contributed by atoms with Crippen LogP contribution in [0.4, 0.5) is 0 Å². The summed E-state index contributed by atoms with van der Waals surface area (Å²) in [5, 5.41) is 3.40. The van der Waals surface area contributed by atoms with Crippen LogP contribution >= 0.6 is 0 Å². The van der Waals surface area contributed by atoms with Crippen LogP contribution in [0.5, 0.6) is 0 Å². The monoisotopic (exact) mass is 195 g/mol. The van der Waals surface area contributed by atoms with Crippen LogP contribution in [0.1, 0.15) is 52.4 Å². The maximum absolute atomic E-state index is 3.40. The molecule has 0 amide bonds. The molecule has 0 heterocycles. The summed E-state index contributed by atoms with van der Waals surface area (Å²) in [5.74, 6) is 0.969. The molecule has 0 bridgehead atoms. The first-order valence-electron chi connectivity index (χ1n) is 6.04.